The number of amides is 1. The van der Waals surface area contributed by atoms with Crippen LogP contribution in [0.5, 0.6) is 0 Å². The third kappa shape index (κ3) is 3.47. The van der Waals surface area contributed by atoms with Crippen LogP contribution in [0.2, 0.25) is 10.0 Å². The molecule has 0 spiro atoms. The molecule has 2 N–H and O–H groups in total. The first kappa shape index (κ1) is 16.5. The fraction of sp³-hybridized carbons (Fsp3) is 0.429. The number of aliphatic carboxylic acids is 1. The zero-order valence-electron chi connectivity index (χ0n) is 11.4. The fourth-order valence-corrected chi connectivity index (χ4v) is 3.79. The summed E-state index contributed by atoms with van der Waals surface area (Å²) >= 11 is 13.3. The summed E-state index contributed by atoms with van der Waals surface area (Å²) in [5.41, 5.74) is -0.459. The number of thioether (sulfide) groups is 1. The molecule has 1 aromatic rings. The molecule has 0 bridgehead atoms. The maximum absolute atomic E-state index is 12.3. The van der Waals surface area contributed by atoms with Gasteiger partial charge >= 0.3 is 5.97 Å². The predicted octanol–water partition coefficient (Wildman–Crippen LogP) is 3.17. The molecular weight excluding hydrogens is 333 g/mol. The molecule has 1 heterocycles. The lowest BCUT2D eigenvalue weighted by atomic mass is 9.95. The van der Waals surface area contributed by atoms with Crippen LogP contribution in [0.25, 0.3) is 0 Å². The highest BCUT2D eigenvalue weighted by Crippen LogP contribution is 2.30. The molecule has 114 valence electrons. The lowest BCUT2D eigenvalue weighted by molar-refractivity contribution is -0.146. The SMILES string of the molecule is CC(C(=O)NC1(C(=O)O)CCSC1)c1ccc(Cl)c(Cl)c1. The number of nitrogens with one attached hydrogen (secondary N) is 1. The lowest BCUT2D eigenvalue weighted by Crippen LogP contribution is -2.55. The lowest BCUT2D eigenvalue weighted by Gasteiger charge is -2.26. The minimum Gasteiger partial charge on any atom is -0.479 e. The van der Waals surface area contributed by atoms with Gasteiger partial charge in [-0.25, -0.2) is 4.79 Å². The molecule has 0 aromatic heterocycles. The van der Waals surface area contributed by atoms with Crippen molar-refractivity contribution >= 4 is 46.8 Å². The van der Waals surface area contributed by atoms with Crippen molar-refractivity contribution in [1.29, 1.82) is 0 Å². The molecule has 1 amide bonds. The van der Waals surface area contributed by atoms with E-state index in [-0.39, 0.29) is 5.91 Å². The van der Waals surface area contributed by atoms with E-state index in [1.165, 1.54) is 11.8 Å². The highest BCUT2D eigenvalue weighted by atomic mass is 35.5. The first-order valence-corrected chi connectivity index (χ1v) is 8.35. The number of carbonyl (C=O) groups is 2. The van der Waals surface area contributed by atoms with Crippen molar-refractivity contribution in [2.45, 2.75) is 24.8 Å². The van der Waals surface area contributed by atoms with Gasteiger partial charge in [0.2, 0.25) is 5.91 Å². The number of carboxylic acids is 1. The van der Waals surface area contributed by atoms with E-state index in [1.54, 1.807) is 25.1 Å². The number of halogens is 2. The van der Waals surface area contributed by atoms with E-state index >= 15 is 0 Å². The number of benzene rings is 1. The summed E-state index contributed by atoms with van der Waals surface area (Å²) in [5, 5.41) is 12.9. The third-order valence-corrected chi connectivity index (χ3v) is 5.56. The average Bonchev–Trinajstić information content (AvgIpc) is 2.91. The van der Waals surface area contributed by atoms with E-state index in [0.717, 1.165) is 5.75 Å². The van der Waals surface area contributed by atoms with Gasteiger partial charge in [-0.2, -0.15) is 11.8 Å². The monoisotopic (exact) mass is 347 g/mol. The second-order valence-corrected chi connectivity index (χ2v) is 6.99. The summed E-state index contributed by atoms with van der Waals surface area (Å²) in [6, 6.07) is 4.97. The topological polar surface area (TPSA) is 66.4 Å². The summed E-state index contributed by atoms with van der Waals surface area (Å²) < 4.78 is 0. The van der Waals surface area contributed by atoms with Crippen molar-refractivity contribution in [3.63, 3.8) is 0 Å². The molecule has 1 saturated heterocycles. The first-order chi connectivity index (χ1) is 9.85. The van der Waals surface area contributed by atoms with Gasteiger partial charge in [0, 0.05) is 5.75 Å². The third-order valence-electron chi connectivity index (χ3n) is 3.63. The molecule has 0 aliphatic carbocycles. The molecule has 2 unspecified atom stereocenters. The summed E-state index contributed by atoms with van der Waals surface area (Å²) in [6.07, 6.45) is 0.437. The van der Waals surface area contributed by atoms with Crippen LogP contribution in [0.4, 0.5) is 0 Å². The van der Waals surface area contributed by atoms with Gasteiger partial charge in [-0.05, 0) is 36.8 Å². The summed E-state index contributed by atoms with van der Waals surface area (Å²) in [7, 11) is 0. The van der Waals surface area contributed by atoms with Crippen LogP contribution in [0.15, 0.2) is 18.2 Å². The number of carbonyl (C=O) groups excluding carboxylic acids is 1. The smallest absolute Gasteiger partial charge is 0.330 e. The van der Waals surface area contributed by atoms with Gasteiger partial charge in [-0.3, -0.25) is 4.79 Å². The zero-order valence-corrected chi connectivity index (χ0v) is 13.7. The van der Waals surface area contributed by atoms with Crippen LogP contribution >= 0.6 is 35.0 Å². The van der Waals surface area contributed by atoms with Crippen LogP contribution < -0.4 is 5.32 Å². The Kier molecular flexibility index (Phi) is 5.07. The normalized spacial score (nSPS) is 22.8. The summed E-state index contributed by atoms with van der Waals surface area (Å²) in [5.74, 6) is -0.683. The van der Waals surface area contributed by atoms with Crippen LogP contribution in [0.3, 0.4) is 0 Å². The number of rotatable bonds is 4. The first-order valence-electron chi connectivity index (χ1n) is 6.44. The van der Waals surface area contributed by atoms with E-state index < -0.39 is 17.4 Å². The standard InChI is InChI=1S/C14H15Cl2NO3S/c1-8(9-2-3-10(15)11(16)6-9)12(18)17-14(13(19)20)4-5-21-7-14/h2-3,6,8H,4-5,7H2,1H3,(H,17,18)(H,19,20). The Morgan fingerprint density at radius 1 is 1.38 bits per heavy atom. The van der Waals surface area contributed by atoms with E-state index in [4.69, 9.17) is 23.2 Å². The van der Waals surface area contributed by atoms with Crippen LogP contribution in [-0.4, -0.2) is 34.0 Å². The highest BCUT2D eigenvalue weighted by molar-refractivity contribution is 7.99. The van der Waals surface area contributed by atoms with Crippen molar-refractivity contribution in [2.24, 2.45) is 0 Å². The molecule has 1 aromatic carbocycles. The van der Waals surface area contributed by atoms with Crippen LogP contribution in [0, 0.1) is 0 Å². The molecular formula is C14H15Cl2NO3S. The fourth-order valence-electron chi connectivity index (χ4n) is 2.16. The van der Waals surface area contributed by atoms with Gasteiger partial charge in [0.05, 0.1) is 16.0 Å². The predicted molar refractivity (Wildman–Crippen MR) is 85.3 cm³/mol. The van der Waals surface area contributed by atoms with Crippen molar-refractivity contribution < 1.29 is 14.7 Å². The molecule has 1 fully saturated rings. The molecule has 2 rings (SSSR count). The van der Waals surface area contributed by atoms with Crippen LogP contribution in [0.1, 0.15) is 24.8 Å². The number of hydrogen-bond donors (Lipinski definition) is 2. The van der Waals surface area contributed by atoms with E-state index in [9.17, 15) is 14.7 Å². The minimum absolute atomic E-state index is 0.321. The van der Waals surface area contributed by atoms with E-state index in [0.29, 0.717) is 27.8 Å². The minimum atomic E-state index is -1.16. The van der Waals surface area contributed by atoms with E-state index in [1.807, 2.05) is 0 Å². The Morgan fingerprint density at radius 3 is 2.62 bits per heavy atom. The number of carboxylic acid groups (broad SMARTS) is 1. The van der Waals surface area contributed by atoms with Gasteiger partial charge in [-0.15, -0.1) is 0 Å². The van der Waals surface area contributed by atoms with Crippen molar-refractivity contribution in [1.82, 2.24) is 5.32 Å². The highest BCUT2D eigenvalue weighted by Gasteiger charge is 2.43. The molecule has 1 aliphatic heterocycles. The quantitative estimate of drug-likeness (QED) is 0.877. The van der Waals surface area contributed by atoms with E-state index in [2.05, 4.69) is 5.32 Å². The van der Waals surface area contributed by atoms with Gasteiger partial charge in [0.15, 0.2) is 0 Å². The summed E-state index contributed by atoms with van der Waals surface area (Å²) in [6.45, 7) is 1.71. The molecule has 2 atom stereocenters. The Morgan fingerprint density at radius 2 is 2.10 bits per heavy atom. The van der Waals surface area contributed by atoms with Crippen molar-refractivity contribution in [2.75, 3.05) is 11.5 Å². The molecule has 7 heteroatoms. The molecule has 0 saturated carbocycles. The van der Waals surface area contributed by atoms with Gasteiger partial charge < -0.3 is 10.4 Å². The molecule has 0 radical (unpaired) electrons. The Bertz CT molecular complexity index is 573. The Labute approximate surface area is 137 Å². The summed E-state index contributed by atoms with van der Waals surface area (Å²) in [4.78, 5) is 23.8. The van der Waals surface area contributed by atoms with Gasteiger partial charge in [0.1, 0.15) is 5.54 Å². The van der Waals surface area contributed by atoms with Crippen LogP contribution in [-0.2, 0) is 9.59 Å². The second-order valence-electron chi connectivity index (χ2n) is 5.07. The largest absolute Gasteiger partial charge is 0.479 e. The Hall–Kier alpha value is -0.910. The number of hydrogen-bond acceptors (Lipinski definition) is 3. The molecule has 4 nitrogen and oxygen atoms in total. The second kappa shape index (κ2) is 6.46. The van der Waals surface area contributed by atoms with Gasteiger partial charge in [-0.1, -0.05) is 29.3 Å². The maximum atomic E-state index is 12.3. The zero-order chi connectivity index (χ0) is 15.6. The van der Waals surface area contributed by atoms with Crippen molar-refractivity contribution in [3.8, 4) is 0 Å². The maximum Gasteiger partial charge on any atom is 0.330 e. The van der Waals surface area contributed by atoms with Gasteiger partial charge in [0.25, 0.3) is 0 Å². The molecule has 21 heavy (non-hydrogen) atoms. The Balaban J connectivity index is 2.15. The molecule has 1 aliphatic rings. The van der Waals surface area contributed by atoms with Crippen molar-refractivity contribution in [3.05, 3.63) is 33.8 Å². The average molecular weight is 348 g/mol.